The van der Waals surface area contributed by atoms with E-state index in [0.717, 1.165) is 17.7 Å². The van der Waals surface area contributed by atoms with Gasteiger partial charge in [-0.1, -0.05) is 38.1 Å². The summed E-state index contributed by atoms with van der Waals surface area (Å²) >= 11 is 0. The van der Waals surface area contributed by atoms with Gasteiger partial charge in [0.2, 0.25) is 5.91 Å². The van der Waals surface area contributed by atoms with E-state index in [4.69, 9.17) is 9.47 Å². The molecule has 2 aromatic carbocycles. The van der Waals surface area contributed by atoms with Crippen LogP contribution >= 0.6 is 0 Å². The lowest BCUT2D eigenvalue weighted by atomic mass is 9.96. The maximum absolute atomic E-state index is 12.6. The van der Waals surface area contributed by atoms with Crippen LogP contribution in [-0.4, -0.2) is 38.0 Å². The van der Waals surface area contributed by atoms with Crippen LogP contribution in [0, 0.1) is 5.92 Å². The van der Waals surface area contributed by atoms with Gasteiger partial charge in [-0.2, -0.15) is 0 Å². The lowest BCUT2D eigenvalue weighted by Gasteiger charge is -2.23. The minimum absolute atomic E-state index is 0.0746. The lowest BCUT2D eigenvalue weighted by molar-refractivity contribution is -0.151. The van der Waals surface area contributed by atoms with Crippen LogP contribution in [0.15, 0.2) is 48.5 Å². The first-order valence-corrected chi connectivity index (χ1v) is 10.4. The molecule has 0 spiro atoms. The number of hydrogen-bond donors (Lipinski definition) is 1. The third-order valence-electron chi connectivity index (χ3n) is 5.53. The summed E-state index contributed by atoms with van der Waals surface area (Å²) in [6.45, 7) is 4.06. The summed E-state index contributed by atoms with van der Waals surface area (Å²) in [6.07, 6.45) is 1.03. The molecular weight excluding hydrogens is 396 g/mol. The Hall–Kier alpha value is -3.35. The molecule has 0 saturated carbocycles. The van der Waals surface area contributed by atoms with Crippen LogP contribution in [0.4, 0.5) is 11.4 Å². The highest BCUT2D eigenvalue weighted by Gasteiger charge is 2.37. The molecule has 0 aromatic heterocycles. The molecule has 31 heavy (non-hydrogen) atoms. The summed E-state index contributed by atoms with van der Waals surface area (Å²) in [4.78, 5) is 38.9. The number of para-hydroxylation sites is 1. The Morgan fingerprint density at radius 1 is 1.19 bits per heavy atom. The third-order valence-corrected chi connectivity index (χ3v) is 5.53. The molecule has 0 aliphatic carbocycles. The number of nitrogens with zero attached hydrogens (tertiary/aromatic N) is 1. The fourth-order valence-electron chi connectivity index (χ4n) is 3.62. The standard InChI is InChI=1S/C24H28N2O5/c1-4-16(2)20-10-5-6-11-21(20)26-14-17(12-23(26)28)24(29)31-15-22(27)25-18-8-7-9-19(13-18)30-3/h5-11,13,16-17H,4,12,14-15H2,1-3H3,(H,25,27)/t16-,17-/m0/s1. The van der Waals surface area contributed by atoms with Crippen molar-refractivity contribution < 1.29 is 23.9 Å². The number of anilines is 2. The average molecular weight is 424 g/mol. The normalized spacial score (nSPS) is 16.7. The monoisotopic (exact) mass is 424 g/mol. The summed E-state index contributed by atoms with van der Waals surface area (Å²) in [5, 5.41) is 2.66. The number of hydrogen-bond acceptors (Lipinski definition) is 5. The molecule has 2 aromatic rings. The van der Waals surface area contributed by atoms with Gasteiger partial charge in [-0.3, -0.25) is 14.4 Å². The van der Waals surface area contributed by atoms with Crippen LogP contribution in [0.2, 0.25) is 0 Å². The van der Waals surface area contributed by atoms with Gasteiger partial charge in [-0.05, 0) is 36.1 Å². The first-order valence-electron chi connectivity index (χ1n) is 10.4. The molecule has 0 unspecified atom stereocenters. The van der Waals surface area contributed by atoms with Crippen LogP contribution in [0.1, 0.15) is 38.2 Å². The van der Waals surface area contributed by atoms with Gasteiger partial charge in [0.25, 0.3) is 5.91 Å². The predicted octanol–water partition coefficient (Wildman–Crippen LogP) is 3.74. The Morgan fingerprint density at radius 3 is 2.71 bits per heavy atom. The predicted molar refractivity (Wildman–Crippen MR) is 118 cm³/mol. The molecule has 1 fully saturated rings. The molecular formula is C24H28N2O5. The van der Waals surface area contributed by atoms with Gasteiger partial charge < -0.3 is 19.7 Å². The number of ether oxygens (including phenoxy) is 2. The van der Waals surface area contributed by atoms with E-state index in [-0.39, 0.29) is 18.9 Å². The number of benzene rings is 2. The fraction of sp³-hybridized carbons (Fsp3) is 0.375. The van der Waals surface area contributed by atoms with E-state index in [1.54, 1.807) is 29.2 Å². The average Bonchev–Trinajstić information content (AvgIpc) is 3.18. The van der Waals surface area contributed by atoms with Crippen LogP contribution in [0.25, 0.3) is 0 Å². The molecule has 7 nitrogen and oxygen atoms in total. The van der Waals surface area contributed by atoms with Crippen molar-refractivity contribution >= 4 is 29.2 Å². The Bertz CT molecular complexity index is 958. The van der Waals surface area contributed by atoms with Gasteiger partial charge in [-0.15, -0.1) is 0 Å². The zero-order chi connectivity index (χ0) is 22.4. The van der Waals surface area contributed by atoms with Gasteiger partial charge in [0.1, 0.15) is 5.75 Å². The number of nitrogens with one attached hydrogen (secondary N) is 1. The number of carbonyl (C=O) groups is 3. The number of rotatable bonds is 8. The minimum Gasteiger partial charge on any atom is -0.497 e. The zero-order valence-electron chi connectivity index (χ0n) is 18.1. The molecule has 1 heterocycles. The number of esters is 1. The van der Waals surface area contributed by atoms with E-state index >= 15 is 0 Å². The van der Waals surface area contributed by atoms with Crippen molar-refractivity contribution in [1.29, 1.82) is 0 Å². The summed E-state index contributed by atoms with van der Waals surface area (Å²) in [6, 6.07) is 14.7. The topological polar surface area (TPSA) is 84.9 Å². The summed E-state index contributed by atoms with van der Waals surface area (Å²) < 4.78 is 10.3. The van der Waals surface area contributed by atoms with Gasteiger partial charge >= 0.3 is 5.97 Å². The second-order valence-corrected chi connectivity index (χ2v) is 7.66. The zero-order valence-corrected chi connectivity index (χ0v) is 18.1. The highest BCUT2D eigenvalue weighted by Crippen LogP contribution is 2.33. The Morgan fingerprint density at radius 2 is 1.97 bits per heavy atom. The smallest absolute Gasteiger partial charge is 0.311 e. The number of methoxy groups -OCH3 is 1. The quantitative estimate of drug-likeness (QED) is 0.653. The van der Waals surface area contributed by atoms with Gasteiger partial charge in [0.15, 0.2) is 6.61 Å². The molecule has 1 N–H and O–H groups in total. The first kappa shape index (κ1) is 22.3. The van der Waals surface area contributed by atoms with Crippen molar-refractivity contribution in [3.8, 4) is 5.75 Å². The molecule has 7 heteroatoms. The Labute approximate surface area is 182 Å². The largest absolute Gasteiger partial charge is 0.497 e. The molecule has 164 valence electrons. The minimum atomic E-state index is -0.595. The van der Waals surface area contributed by atoms with Gasteiger partial charge in [0, 0.05) is 30.4 Å². The maximum atomic E-state index is 12.6. The van der Waals surface area contributed by atoms with Crippen molar-refractivity contribution in [1.82, 2.24) is 0 Å². The van der Waals surface area contributed by atoms with E-state index in [1.165, 1.54) is 7.11 Å². The fourth-order valence-corrected chi connectivity index (χ4v) is 3.62. The maximum Gasteiger partial charge on any atom is 0.311 e. The summed E-state index contributed by atoms with van der Waals surface area (Å²) in [7, 11) is 1.54. The number of amides is 2. The van der Waals surface area contributed by atoms with E-state index in [0.29, 0.717) is 17.4 Å². The van der Waals surface area contributed by atoms with Crippen molar-refractivity contribution in [2.24, 2.45) is 5.92 Å². The van der Waals surface area contributed by atoms with Crippen LogP contribution in [-0.2, 0) is 19.1 Å². The summed E-state index contributed by atoms with van der Waals surface area (Å²) in [5.74, 6) is -0.796. The molecule has 0 bridgehead atoms. The Balaban J connectivity index is 1.58. The van der Waals surface area contributed by atoms with E-state index in [1.807, 2.05) is 24.3 Å². The SMILES string of the molecule is CC[C@H](C)c1ccccc1N1C[C@@H](C(=O)OCC(=O)Nc2cccc(OC)c2)CC1=O. The molecule has 2 atom stereocenters. The molecule has 1 saturated heterocycles. The van der Waals surface area contributed by atoms with E-state index in [2.05, 4.69) is 19.2 Å². The van der Waals surface area contributed by atoms with Crippen LogP contribution in [0.3, 0.4) is 0 Å². The van der Waals surface area contributed by atoms with Crippen molar-refractivity contribution in [3.63, 3.8) is 0 Å². The molecule has 0 radical (unpaired) electrons. The van der Waals surface area contributed by atoms with E-state index in [9.17, 15) is 14.4 Å². The van der Waals surface area contributed by atoms with Crippen LogP contribution < -0.4 is 15.0 Å². The van der Waals surface area contributed by atoms with E-state index < -0.39 is 24.4 Å². The second-order valence-electron chi connectivity index (χ2n) is 7.66. The van der Waals surface area contributed by atoms with Crippen LogP contribution in [0.5, 0.6) is 5.75 Å². The van der Waals surface area contributed by atoms with Gasteiger partial charge in [0.05, 0.1) is 13.0 Å². The molecule has 1 aliphatic rings. The molecule has 1 aliphatic heterocycles. The van der Waals surface area contributed by atoms with Gasteiger partial charge in [-0.25, -0.2) is 0 Å². The first-order chi connectivity index (χ1) is 14.9. The highest BCUT2D eigenvalue weighted by molar-refractivity contribution is 6.00. The van der Waals surface area contributed by atoms with Crippen molar-refractivity contribution in [3.05, 3.63) is 54.1 Å². The second kappa shape index (κ2) is 10.1. The lowest BCUT2D eigenvalue weighted by Crippen LogP contribution is -2.29. The van der Waals surface area contributed by atoms with Crippen molar-refractivity contribution in [2.45, 2.75) is 32.6 Å². The molecule has 3 rings (SSSR count). The summed E-state index contributed by atoms with van der Waals surface area (Å²) in [5.41, 5.74) is 2.47. The third kappa shape index (κ3) is 5.42. The molecule has 2 amide bonds. The number of carbonyl (C=O) groups excluding carboxylic acids is 3. The Kier molecular flexibility index (Phi) is 7.28. The highest BCUT2D eigenvalue weighted by atomic mass is 16.5. The van der Waals surface area contributed by atoms with Crippen molar-refractivity contribution in [2.75, 3.05) is 30.5 Å².